The van der Waals surface area contributed by atoms with E-state index >= 15 is 0 Å². The molecule has 0 saturated carbocycles. The average Bonchev–Trinajstić information content (AvgIpc) is 2.50. The Hall–Kier alpha value is -1.09. The van der Waals surface area contributed by atoms with Crippen molar-refractivity contribution in [3.8, 4) is 0 Å². The molecule has 0 unspecified atom stereocenters. The predicted octanol–water partition coefficient (Wildman–Crippen LogP) is 1.70. The Morgan fingerprint density at radius 3 is 3.18 bits per heavy atom. The molecule has 56 valence electrons. The summed E-state index contributed by atoms with van der Waals surface area (Å²) in [6.07, 6.45) is 1.74. The standard InChI is InChI=1S/C7H6ClN3/c8-3-6-2-1-5-4-9-11-7(5)10-6/h1-2,4H,3H2,(H,9,10,11). The summed E-state index contributed by atoms with van der Waals surface area (Å²) in [5.41, 5.74) is 1.66. The maximum Gasteiger partial charge on any atom is 0.155 e. The van der Waals surface area contributed by atoms with Crippen LogP contribution in [0.2, 0.25) is 0 Å². The van der Waals surface area contributed by atoms with Crippen LogP contribution in [0.5, 0.6) is 0 Å². The number of aromatic amines is 1. The fourth-order valence-electron chi connectivity index (χ4n) is 0.941. The van der Waals surface area contributed by atoms with E-state index in [0.29, 0.717) is 5.88 Å². The zero-order chi connectivity index (χ0) is 7.68. The predicted molar refractivity (Wildman–Crippen MR) is 43.4 cm³/mol. The van der Waals surface area contributed by atoms with Crippen LogP contribution >= 0.6 is 11.6 Å². The summed E-state index contributed by atoms with van der Waals surface area (Å²) in [7, 11) is 0. The fourth-order valence-corrected chi connectivity index (χ4v) is 1.09. The number of nitrogens with zero attached hydrogens (tertiary/aromatic N) is 2. The number of aromatic nitrogens is 3. The van der Waals surface area contributed by atoms with Gasteiger partial charge in [0.1, 0.15) is 0 Å². The van der Waals surface area contributed by atoms with Gasteiger partial charge in [0.25, 0.3) is 0 Å². The van der Waals surface area contributed by atoms with E-state index in [1.165, 1.54) is 0 Å². The highest BCUT2D eigenvalue weighted by molar-refractivity contribution is 6.16. The van der Waals surface area contributed by atoms with Gasteiger partial charge in [0.2, 0.25) is 0 Å². The van der Waals surface area contributed by atoms with Crippen molar-refractivity contribution in [2.24, 2.45) is 0 Å². The second kappa shape index (κ2) is 2.51. The molecule has 0 aromatic carbocycles. The van der Waals surface area contributed by atoms with Crippen LogP contribution in [-0.2, 0) is 5.88 Å². The van der Waals surface area contributed by atoms with Crippen LogP contribution in [-0.4, -0.2) is 15.2 Å². The topological polar surface area (TPSA) is 41.6 Å². The van der Waals surface area contributed by atoms with E-state index in [1.807, 2.05) is 12.1 Å². The smallest absolute Gasteiger partial charge is 0.155 e. The molecule has 0 spiro atoms. The van der Waals surface area contributed by atoms with Crippen molar-refractivity contribution >= 4 is 22.6 Å². The minimum Gasteiger partial charge on any atom is -0.261 e. The first-order valence-electron chi connectivity index (χ1n) is 3.25. The van der Waals surface area contributed by atoms with Gasteiger partial charge < -0.3 is 0 Å². The molecule has 3 nitrogen and oxygen atoms in total. The maximum absolute atomic E-state index is 5.60. The van der Waals surface area contributed by atoms with Crippen LogP contribution < -0.4 is 0 Å². The molecule has 0 amide bonds. The lowest BCUT2D eigenvalue weighted by Gasteiger charge is -1.91. The van der Waals surface area contributed by atoms with Gasteiger partial charge in [0, 0.05) is 5.39 Å². The molecule has 1 N–H and O–H groups in total. The third kappa shape index (κ3) is 1.07. The van der Waals surface area contributed by atoms with Gasteiger partial charge in [-0.2, -0.15) is 5.10 Å². The highest BCUT2D eigenvalue weighted by Crippen LogP contribution is 2.09. The van der Waals surface area contributed by atoms with E-state index in [1.54, 1.807) is 6.20 Å². The van der Waals surface area contributed by atoms with Crippen LogP contribution in [0.15, 0.2) is 18.3 Å². The van der Waals surface area contributed by atoms with Crippen molar-refractivity contribution < 1.29 is 0 Å². The number of hydrogen-bond donors (Lipinski definition) is 1. The summed E-state index contributed by atoms with van der Waals surface area (Å²) in [6, 6.07) is 3.84. The Balaban J connectivity index is 2.67. The van der Waals surface area contributed by atoms with E-state index < -0.39 is 0 Å². The second-order valence-corrected chi connectivity index (χ2v) is 2.51. The summed E-state index contributed by atoms with van der Waals surface area (Å²) in [4.78, 5) is 4.20. The molecule has 2 heterocycles. The summed E-state index contributed by atoms with van der Waals surface area (Å²) >= 11 is 5.60. The first kappa shape index (κ1) is 6.61. The summed E-state index contributed by atoms with van der Waals surface area (Å²) in [6.45, 7) is 0. The average molecular weight is 168 g/mol. The summed E-state index contributed by atoms with van der Waals surface area (Å²) < 4.78 is 0. The van der Waals surface area contributed by atoms with Crippen molar-refractivity contribution in [3.63, 3.8) is 0 Å². The molecule has 2 rings (SSSR count). The molecular weight excluding hydrogens is 162 g/mol. The molecule has 0 atom stereocenters. The van der Waals surface area contributed by atoms with Crippen LogP contribution in [0, 0.1) is 0 Å². The molecule has 0 bridgehead atoms. The molecule has 0 aliphatic rings. The lowest BCUT2D eigenvalue weighted by Crippen LogP contribution is -1.84. The highest BCUT2D eigenvalue weighted by atomic mass is 35.5. The fraction of sp³-hybridized carbons (Fsp3) is 0.143. The van der Waals surface area contributed by atoms with Crippen LogP contribution in [0.1, 0.15) is 5.69 Å². The van der Waals surface area contributed by atoms with Gasteiger partial charge in [-0.25, -0.2) is 4.98 Å². The number of rotatable bonds is 1. The third-order valence-electron chi connectivity index (χ3n) is 1.50. The number of hydrogen-bond acceptors (Lipinski definition) is 2. The summed E-state index contributed by atoms with van der Waals surface area (Å²) in [5, 5.41) is 7.63. The lowest BCUT2D eigenvalue weighted by atomic mass is 10.3. The van der Waals surface area contributed by atoms with E-state index in [2.05, 4.69) is 15.2 Å². The van der Waals surface area contributed by atoms with E-state index in [-0.39, 0.29) is 0 Å². The number of alkyl halides is 1. The molecule has 11 heavy (non-hydrogen) atoms. The van der Waals surface area contributed by atoms with Crippen LogP contribution in [0.4, 0.5) is 0 Å². The molecule has 2 aromatic heterocycles. The number of nitrogens with one attached hydrogen (secondary N) is 1. The number of halogens is 1. The minimum atomic E-state index is 0.439. The van der Waals surface area contributed by atoms with Gasteiger partial charge in [-0.3, -0.25) is 5.10 Å². The zero-order valence-corrected chi connectivity index (χ0v) is 6.47. The Morgan fingerprint density at radius 2 is 2.36 bits per heavy atom. The minimum absolute atomic E-state index is 0.439. The van der Waals surface area contributed by atoms with Gasteiger partial charge in [0.15, 0.2) is 5.65 Å². The number of H-pyrrole nitrogens is 1. The SMILES string of the molecule is ClCc1ccc2cn[nH]c2n1. The van der Waals surface area contributed by atoms with Crippen molar-refractivity contribution in [2.75, 3.05) is 0 Å². The quantitative estimate of drug-likeness (QED) is 0.657. The molecular formula is C7H6ClN3. The first-order chi connectivity index (χ1) is 5.40. The van der Waals surface area contributed by atoms with Crippen molar-refractivity contribution in [3.05, 3.63) is 24.0 Å². The molecule has 0 aliphatic heterocycles. The zero-order valence-electron chi connectivity index (χ0n) is 5.71. The van der Waals surface area contributed by atoms with E-state index in [0.717, 1.165) is 16.7 Å². The highest BCUT2D eigenvalue weighted by Gasteiger charge is 1.96. The third-order valence-corrected chi connectivity index (χ3v) is 1.77. The Kier molecular flexibility index (Phi) is 1.51. The Bertz CT molecular complexity index is 368. The number of pyridine rings is 1. The Morgan fingerprint density at radius 1 is 1.45 bits per heavy atom. The van der Waals surface area contributed by atoms with Crippen molar-refractivity contribution in [1.29, 1.82) is 0 Å². The van der Waals surface area contributed by atoms with Gasteiger partial charge in [-0.15, -0.1) is 11.6 Å². The molecule has 2 aromatic rings. The lowest BCUT2D eigenvalue weighted by molar-refractivity contribution is 1.08. The largest absolute Gasteiger partial charge is 0.261 e. The number of fused-ring (bicyclic) bond motifs is 1. The molecule has 0 saturated heterocycles. The van der Waals surface area contributed by atoms with E-state index in [4.69, 9.17) is 11.6 Å². The Labute approximate surface area is 68.4 Å². The monoisotopic (exact) mass is 167 g/mol. The van der Waals surface area contributed by atoms with Crippen LogP contribution in [0.25, 0.3) is 11.0 Å². The second-order valence-electron chi connectivity index (χ2n) is 2.24. The molecule has 0 aliphatic carbocycles. The van der Waals surface area contributed by atoms with Gasteiger partial charge in [-0.05, 0) is 12.1 Å². The van der Waals surface area contributed by atoms with Gasteiger partial charge in [-0.1, -0.05) is 0 Å². The summed E-state index contributed by atoms with van der Waals surface area (Å²) in [5.74, 6) is 0.439. The molecule has 0 radical (unpaired) electrons. The first-order valence-corrected chi connectivity index (χ1v) is 3.78. The molecule has 0 fully saturated rings. The van der Waals surface area contributed by atoms with Gasteiger partial charge in [0.05, 0.1) is 17.8 Å². The van der Waals surface area contributed by atoms with Crippen molar-refractivity contribution in [1.82, 2.24) is 15.2 Å². The molecule has 4 heteroatoms. The van der Waals surface area contributed by atoms with Crippen molar-refractivity contribution in [2.45, 2.75) is 5.88 Å². The normalized spacial score (nSPS) is 10.6. The van der Waals surface area contributed by atoms with Crippen LogP contribution in [0.3, 0.4) is 0 Å². The van der Waals surface area contributed by atoms with Gasteiger partial charge >= 0.3 is 0 Å². The van der Waals surface area contributed by atoms with E-state index in [9.17, 15) is 0 Å². The maximum atomic E-state index is 5.60.